The Bertz CT molecular complexity index is 491. The third-order valence-electron chi connectivity index (χ3n) is 3.26. The van der Waals surface area contributed by atoms with Crippen LogP contribution in [0.2, 0.25) is 0 Å². The average Bonchev–Trinajstić information content (AvgIpc) is 2.45. The van der Waals surface area contributed by atoms with Gasteiger partial charge in [0.25, 0.3) is 5.91 Å². The summed E-state index contributed by atoms with van der Waals surface area (Å²) >= 11 is 3.37. The third-order valence-corrected chi connectivity index (χ3v) is 3.85. The number of carbonyl (C=O) groups is 1. The molecule has 1 amide bonds. The first-order chi connectivity index (χ1) is 9.94. The lowest BCUT2D eigenvalue weighted by atomic mass is 10.0. The molecule has 0 aliphatic carbocycles. The molecule has 0 aliphatic rings. The fourth-order valence-corrected chi connectivity index (χ4v) is 2.62. The van der Waals surface area contributed by atoms with Crippen molar-refractivity contribution >= 4 is 21.8 Å². The molecule has 0 bridgehead atoms. The second-order valence-electron chi connectivity index (χ2n) is 5.03. The molecule has 0 fully saturated rings. The van der Waals surface area contributed by atoms with Crippen LogP contribution in [0.5, 0.6) is 11.5 Å². The fourth-order valence-electron chi connectivity index (χ4n) is 2.02. The van der Waals surface area contributed by atoms with E-state index in [0.29, 0.717) is 28.0 Å². The van der Waals surface area contributed by atoms with Gasteiger partial charge in [0.1, 0.15) is 11.5 Å². The van der Waals surface area contributed by atoms with E-state index in [0.717, 1.165) is 0 Å². The first kappa shape index (κ1) is 17.8. The van der Waals surface area contributed by atoms with Gasteiger partial charge in [0.2, 0.25) is 0 Å². The summed E-state index contributed by atoms with van der Waals surface area (Å²) in [6.45, 7) is 4.03. The minimum absolute atomic E-state index is 0.0298. The minimum atomic E-state index is -0.251. The molecule has 0 saturated carbocycles. The maximum absolute atomic E-state index is 12.5. The topological polar surface area (TPSA) is 67.8 Å². The monoisotopic (exact) mass is 359 g/mol. The van der Waals surface area contributed by atoms with Gasteiger partial charge in [-0.15, -0.1) is 0 Å². The van der Waals surface area contributed by atoms with Crippen LogP contribution in [-0.4, -0.2) is 37.9 Å². The van der Waals surface area contributed by atoms with Gasteiger partial charge in [0.15, 0.2) is 0 Å². The van der Waals surface area contributed by atoms with Crippen LogP contribution in [0.15, 0.2) is 16.6 Å². The Morgan fingerprint density at radius 1 is 1.33 bits per heavy atom. The molecule has 1 atom stereocenters. The Hall–Kier alpha value is -1.27. The van der Waals surface area contributed by atoms with Crippen molar-refractivity contribution in [2.24, 2.45) is 5.92 Å². The number of rotatable bonds is 7. The van der Waals surface area contributed by atoms with Crippen molar-refractivity contribution in [3.05, 3.63) is 22.2 Å². The number of carbonyl (C=O) groups excluding carboxylic acids is 1. The second-order valence-corrected chi connectivity index (χ2v) is 5.88. The Balaban J connectivity index is 3.07. The highest BCUT2D eigenvalue weighted by molar-refractivity contribution is 9.10. The van der Waals surface area contributed by atoms with Crippen molar-refractivity contribution in [2.45, 2.75) is 26.3 Å². The van der Waals surface area contributed by atoms with Crippen molar-refractivity contribution in [3.63, 3.8) is 0 Å². The number of halogens is 1. The van der Waals surface area contributed by atoms with Gasteiger partial charge in [-0.3, -0.25) is 4.79 Å². The zero-order valence-corrected chi connectivity index (χ0v) is 14.4. The lowest BCUT2D eigenvalue weighted by Gasteiger charge is -2.22. The van der Waals surface area contributed by atoms with Crippen LogP contribution in [0.25, 0.3) is 0 Å². The number of methoxy groups -OCH3 is 2. The summed E-state index contributed by atoms with van der Waals surface area (Å²) in [6, 6.07) is 3.27. The van der Waals surface area contributed by atoms with Crippen molar-refractivity contribution in [1.82, 2.24) is 5.32 Å². The molecule has 0 aromatic heterocycles. The van der Waals surface area contributed by atoms with Gasteiger partial charge in [0, 0.05) is 12.6 Å². The third kappa shape index (κ3) is 4.61. The van der Waals surface area contributed by atoms with Crippen LogP contribution >= 0.6 is 15.9 Å². The number of aliphatic hydroxyl groups is 1. The van der Waals surface area contributed by atoms with Crippen LogP contribution < -0.4 is 14.8 Å². The van der Waals surface area contributed by atoms with E-state index in [1.165, 1.54) is 7.11 Å². The van der Waals surface area contributed by atoms with E-state index in [9.17, 15) is 4.79 Å². The summed E-state index contributed by atoms with van der Waals surface area (Å²) in [5.74, 6) is 0.996. The SMILES string of the molecule is COc1cc(Br)c(OC)c(C(=O)NC(CCO)C(C)C)c1. The molecule has 0 saturated heterocycles. The first-order valence-electron chi connectivity index (χ1n) is 6.77. The Morgan fingerprint density at radius 3 is 2.48 bits per heavy atom. The minimum Gasteiger partial charge on any atom is -0.497 e. The van der Waals surface area contributed by atoms with E-state index in [4.69, 9.17) is 14.6 Å². The van der Waals surface area contributed by atoms with Gasteiger partial charge in [-0.2, -0.15) is 0 Å². The van der Waals surface area contributed by atoms with E-state index >= 15 is 0 Å². The zero-order valence-electron chi connectivity index (χ0n) is 12.8. The second kappa shape index (κ2) is 8.24. The smallest absolute Gasteiger partial charge is 0.255 e. The van der Waals surface area contributed by atoms with Gasteiger partial charge >= 0.3 is 0 Å². The fraction of sp³-hybridized carbons (Fsp3) is 0.533. The van der Waals surface area contributed by atoms with Gasteiger partial charge in [0.05, 0.1) is 24.3 Å². The number of hydrogen-bond acceptors (Lipinski definition) is 4. The van der Waals surface area contributed by atoms with Crippen LogP contribution in [-0.2, 0) is 0 Å². The first-order valence-corrected chi connectivity index (χ1v) is 7.57. The molecule has 1 unspecified atom stereocenters. The standard InChI is InChI=1S/C15H22BrNO4/c1-9(2)13(5-6-18)17-15(19)11-7-10(20-3)8-12(16)14(11)21-4/h7-9,13,18H,5-6H2,1-4H3,(H,17,19). The maximum atomic E-state index is 12.5. The summed E-state index contributed by atoms with van der Waals surface area (Å²) in [6.07, 6.45) is 0.511. The molecule has 2 N–H and O–H groups in total. The molecule has 0 heterocycles. The van der Waals surface area contributed by atoms with Crippen LogP contribution in [0.4, 0.5) is 0 Å². The molecule has 5 nitrogen and oxygen atoms in total. The lowest BCUT2D eigenvalue weighted by Crippen LogP contribution is -2.39. The van der Waals surface area contributed by atoms with Gasteiger partial charge < -0.3 is 19.9 Å². The predicted molar refractivity (Wildman–Crippen MR) is 85.0 cm³/mol. The Labute approximate surface area is 133 Å². The van der Waals surface area contributed by atoms with Gasteiger partial charge in [-0.1, -0.05) is 13.8 Å². The quantitative estimate of drug-likeness (QED) is 0.785. The highest BCUT2D eigenvalue weighted by Crippen LogP contribution is 2.33. The Morgan fingerprint density at radius 2 is 2.00 bits per heavy atom. The molecule has 0 spiro atoms. The zero-order chi connectivity index (χ0) is 16.0. The van der Waals surface area contributed by atoms with Crippen molar-refractivity contribution in [2.75, 3.05) is 20.8 Å². The number of amides is 1. The van der Waals surface area contributed by atoms with Crippen molar-refractivity contribution < 1.29 is 19.4 Å². The highest BCUT2D eigenvalue weighted by atomic mass is 79.9. The van der Waals surface area contributed by atoms with E-state index in [2.05, 4.69) is 21.2 Å². The van der Waals surface area contributed by atoms with E-state index in [1.54, 1.807) is 19.2 Å². The number of aliphatic hydroxyl groups excluding tert-OH is 1. The van der Waals surface area contributed by atoms with Crippen molar-refractivity contribution in [3.8, 4) is 11.5 Å². The predicted octanol–water partition coefficient (Wildman–Crippen LogP) is 2.60. The molecule has 0 aliphatic heterocycles. The van der Waals surface area contributed by atoms with E-state index in [-0.39, 0.29) is 24.5 Å². The Kier molecular flexibility index (Phi) is 6.98. The summed E-state index contributed by atoms with van der Waals surface area (Å²) in [4.78, 5) is 12.5. The molecule has 0 radical (unpaired) electrons. The maximum Gasteiger partial charge on any atom is 0.255 e. The number of benzene rings is 1. The summed E-state index contributed by atoms with van der Waals surface area (Å²) < 4.78 is 11.1. The largest absolute Gasteiger partial charge is 0.497 e. The number of ether oxygens (including phenoxy) is 2. The molecule has 1 aromatic carbocycles. The highest BCUT2D eigenvalue weighted by Gasteiger charge is 2.21. The van der Waals surface area contributed by atoms with Crippen LogP contribution in [0, 0.1) is 5.92 Å². The molecule has 1 rings (SSSR count). The molecule has 118 valence electrons. The molecule has 1 aromatic rings. The van der Waals surface area contributed by atoms with Crippen LogP contribution in [0.3, 0.4) is 0 Å². The normalized spacial score (nSPS) is 12.1. The molecule has 6 heteroatoms. The summed E-state index contributed by atoms with van der Waals surface area (Å²) in [7, 11) is 3.05. The van der Waals surface area contributed by atoms with Crippen molar-refractivity contribution in [1.29, 1.82) is 0 Å². The molecular weight excluding hydrogens is 338 g/mol. The molecule has 21 heavy (non-hydrogen) atoms. The van der Waals surface area contributed by atoms with Crippen LogP contribution in [0.1, 0.15) is 30.6 Å². The van der Waals surface area contributed by atoms with E-state index in [1.807, 2.05) is 13.8 Å². The lowest BCUT2D eigenvalue weighted by molar-refractivity contribution is 0.0913. The average molecular weight is 360 g/mol. The van der Waals surface area contributed by atoms with E-state index < -0.39 is 0 Å². The number of nitrogens with one attached hydrogen (secondary N) is 1. The molecular formula is C15H22BrNO4. The summed E-state index contributed by atoms with van der Waals surface area (Å²) in [5.41, 5.74) is 0.396. The van der Waals surface area contributed by atoms with Gasteiger partial charge in [-0.25, -0.2) is 0 Å². The number of hydrogen-bond donors (Lipinski definition) is 2. The van der Waals surface area contributed by atoms with Gasteiger partial charge in [-0.05, 0) is 40.4 Å². The summed E-state index contributed by atoms with van der Waals surface area (Å²) in [5, 5.41) is 12.0.